The first-order valence-electron chi connectivity index (χ1n) is 7.94. The Morgan fingerprint density at radius 3 is 2.71 bits per heavy atom. The number of nitrogen functional groups attached to an aromatic ring is 1. The number of carbonyl (C=O) groups is 1. The van der Waals surface area contributed by atoms with Crippen LogP contribution in [0.25, 0.3) is 0 Å². The first-order chi connectivity index (χ1) is 10.1. The molecule has 21 heavy (non-hydrogen) atoms. The molecule has 1 amide bonds. The van der Waals surface area contributed by atoms with E-state index in [2.05, 4.69) is 24.1 Å². The van der Waals surface area contributed by atoms with Gasteiger partial charge in [-0.1, -0.05) is 12.1 Å². The van der Waals surface area contributed by atoms with E-state index in [1.54, 1.807) is 6.07 Å². The Balaban J connectivity index is 1.71. The average Bonchev–Trinajstić information content (AvgIpc) is 3.24. The van der Waals surface area contributed by atoms with Gasteiger partial charge in [0.25, 0.3) is 0 Å². The first kappa shape index (κ1) is 15.8. The number of nitrogens with zero attached hydrogens (tertiary/aromatic N) is 1. The number of para-hydroxylation sites is 2. The molecule has 0 radical (unpaired) electrons. The molecule has 4 nitrogen and oxygen atoms in total. The monoisotopic (exact) mass is 289 g/mol. The molecule has 0 aromatic heterocycles. The average molecular weight is 289 g/mol. The van der Waals surface area contributed by atoms with Crippen LogP contribution < -0.4 is 11.1 Å². The number of carbonyl (C=O) groups excluding carboxylic acids is 1. The van der Waals surface area contributed by atoms with Gasteiger partial charge in [0.05, 0.1) is 11.4 Å². The predicted octanol–water partition coefficient (Wildman–Crippen LogP) is 3.11. The van der Waals surface area contributed by atoms with E-state index in [9.17, 15) is 4.79 Å². The molecule has 0 unspecified atom stereocenters. The third-order valence-electron chi connectivity index (χ3n) is 4.00. The number of benzene rings is 1. The molecule has 1 fully saturated rings. The standard InChI is InChI=1S/C17H27N3O/c1-13(2)20(12-14-9-10-14)11-5-8-17(21)19-16-7-4-3-6-15(16)18/h3-4,6-7,13-14H,5,8-12,18H2,1-2H3,(H,19,21). The number of hydrogen-bond donors (Lipinski definition) is 2. The van der Waals surface area contributed by atoms with Crippen LogP contribution >= 0.6 is 0 Å². The fraction of sp³-hybridized carbons (Fsp3) is 0.588. The van der Waals surface area contributed by atoms with E-state index in [1.165, 1.54) is 19.4 Å². The van der Waals surface area contributed by atoms with E-state index in [4.69, 9.17) is 5.73 Å². The van der Waals surface area contributed by atoms with Crippen LogP contribution in [0.1, 0.15) is 39.5 Å². The minimum Gasteiger partial charge on any atom is -0.397 e. The van der Waals surface area contributed by atoms with Crippen molar-refractivity contribution in [1.82, 2.24) is 4.90 Å². The highest BCUT2D eigenvalue weighted by atomic mass is 16.1. The Kier molecular flexibility index (Phi) is 5.62. The Morgan fingerprint density at radius 1 is 1.38 bits per heavy atom. The van der Waals surface area contributed by atoms with Gasteiger partial charge in [-0.2, -0.15) is 0 Å². The molecule has 1 aliphatic rings. The lowest BCUT2D eigenvalue weighted by Crippen LogP contribution is -2.34. The zero-order valence-electron chi connectivity index (χ0n) is 13.1. The van der Waals surface area contributed by atoms with E-state index in [-0.39, 0.29) is 5.91 Å². The molecule has 1 saturated carbocycles. The SMILES string of the molecule is CC(C)N(CCCC(=O)Nc1ccccc1N)CC1CC1. The summed E-state index contributed by atoms with van der Waals surface area (Å²) in [7, 11) is 0. The van der Waals surface area contributed by atoms with E-state index in [0.717, 1.165) is 18.9 Å². The Morgan fingerprint density at radius 2 is 2.10 bits per heavy atom. The largest absolute Gasteiger partial charge is 0.397 e. The molecular formula is C17H27N3O. The third kappa shape index (κ3) is 5.38. The van der Waals surface area contributed by atoms with Crippen LogP contribution in [0.15, 0.2) is 24.3 Å². The van der Waals surface area contributed by atoms with Crippen molar-refractivity contribution in [3.05, 3.63) is 24.3 Å². The second kappa shape index (κ2) is 7.46. The number of nitrogens with one attached hydrogen (secondary N) is 1. The van der Waals surface area contributed by atoms with Gasteiger partial charge >= 0.3 is 0 Å². The van der Waals surface area contributed by atoms with Gasteiger partial charge in [-0.05, 0) is 57.7 Å². The fourth-order valence-electron chi connectivity index (χ4n) is 2.46. The van der Waals surface area contributed by atoms with E-state index >= 15 is 0 Å². The lowest BCUT2D eigenvalue weighted by atomic mass is 10.2. The molecule has 0 saturated heterocycles. The van der Waals surface area contributed by atoms with Gasteiger partial charge in [0, 0.05) is 19.0 Å². The highest BCUT2D eigenvalue weighted by Crippen LogP contribution is 2.30. The van der Waals surface area contributed by atoms with Gasteiger partial charge in [0.15, 0.2) is 0 Å². The van der Waals surface area contributed by atoms with Crippen LogP contribution in [-0.2, 0) is 4.79 Å². The molecule has 1 aromatic rings. The van der Waals surface area contributed by atoms with E-state index < -0.39 is 0 Å². The van der Waals surface area contributed by atoms with Crippen molar-refractivity contribution in [2.75, 3.05) is 24.1 Å². The maximum Gasteiger partial charge on any atom is 0.224 e. The molecule has 116 valence electrons. The van der Waals surface area contributed by atoms with Gasteiger partial charge in [0.2, 0.25) is 5.91 Å². The molecular weight excluding hydrogens is 262 g/mol. The summed E-state index contributed by atoms with van der Waals surface area (Å²) in [5, 5.41) is 2.88. The molecule has 0 heterocycles. The van der Waals surface area contributed by atoms with Crippen LogP contribution in [0.3, 0.4) is 0 Å². The van der Waals surface area contributed by atoms with Crippen molar-refractivity contribution in [1.29, 1.82) is 0 Å². The summed E-state index contributed by atoms with van der Waals surface area (Å²) >= 11 is 0. The minimum absolute atomic E-state index is 0.0445. The summed E-state index contributed by atoms with van der Waals surface area (Å²) in [5.41, 5.74) is 7.15. The molecule has 0 bridgehead atoms. The number of amides is 1. The number of rotatable bonds is 8. The predicted molar refractivity (Wildman–Crippen MR) is 88.2 cm³/mol. The van der Waals surface area contributed by atoms with Crippen molar-refractivity contribution in [3.8, 4) is 0 Å². The van der Waals surface area contributed by atoms with Crippen molar-refractivity contribution in [2.24, 2.45) is 5.92 Å². The molecule has 1 aliphatic carbocycles. The Bertz CT molecular complexity index is 469. The fourth-order valence-corrected chi connectivity index (χ4v) is 2.46. The Labute approximate surface area is 127 Å². The van der Waals surface area contributed by atoms with Crippen molar-refractivity contribution in [3.63, 3.8) is 0 Å². The molecule has 0 atom stereocenters. The molecule has 4 heteroatoms. The number of anilines is 2. The highest BCUT2D eigenvalue weighted by Gasteiger charge is 2.25. The first-order valence-corrected chi connectivity index (χ1v) is 7.94. The number of hydrogen-bond acceptors (Lipinski definition) is 3. The summed E-state index contributed by atoms with van der Waals surface area (Å²) in [5.74, 6) is 0.938. The van der Waals surface area contributed by atoms with Crippen LogP contribution in [0.5, 0.6) is 0 Å². The van der Waals surface area contributed by atoms with Gasteiger partial charge in [-0.3, -0.25) is 4.79 Å². The lowest BCUT2D eigenvalue weighted by molar-refractivity contribution is -0.116. The van der Waals surface area contributed by atoms with Crippen molar-refractivity contribution >= 4 is 17.3 Å². The van der Waals surface area contributed by atoms with Gasteiger partial charge in [0.1, 0.15) is 0 Å². The summed E-state index contributed by atoms with van der Waals surface area (Å²) in [6.07, 6.45) is 4.18. The molecule has 2 rings (SSSR count). The maximum atomic E-state index is 12.0. The van der Waals surface area contributed by atoms with Crippen molar-refractivity contribution < 1.29 is 4.79 Å². The highest BCUT2D eigenvalue weighted by molar-refractivity contribution is 5.93. The van der Waals surface area contributed by atoms with Gasteiger partial charge < -0.3 is 16.0 Å². The minimum atomic E-state index is 0.0445. The zero-order valence-corrected chi connectivity index (χ0v) is 13.1. The second-order valence-corrected chi connectivity index (χ2v) is 6.27. The lowest BCUT2D eigenvalue weighted by Gasteiger charge is -2.26. The summed E-state index contributed by atoms with van der Waals surface area (Å²) in [4.78, 5) is 14.5. The quantitative estimate of drug-likeness (QED) is 0.723. The normalized spacial score (nSPS) is 14.7. The third-order valence-corrected chi connectivity index (χ3v) is 4.00. The summed E-state index contributed by atoms with van der Waals surface area (Å²) in [6, 6.07) is 7.93. The van der Waals surface area contributed by atoms with Gasteiger partial charge in [-0.25, -0.2) is 0 Å². The molecule has 0 aliphatic heterocycles. The smallest absolute Gasteiger partial charge is 0.224 e. The Hall–Kier alpha value is -1.55. The topological polar surface area (TPSA) is 58.4 Å². The van der Waals surface area contributed by atoms with Crippen LogP contribution in [0.4, 0.5) is 11.4 Å². The van der Waals surface area contributed by atoms with E-state index in [1.807, 2.05) is 18.2 Å². The van der Waals surface area contributed by atoms with Crippen LogP contribution in [-0.4, -0.2) is 29.9 Å². The van der Waals surface area contributed by atoms with E-state index in [0.29, 0.717) is 23.8 Å². The van der Waals surface area contributed by atoms with Crippen molar-refractivity contribution in [2.45, 2.75) is 45.6 Å². The second-order valence-electron chi connectivity index (χ2n) is 6.27. The molecule has 3 N–H and O–H groups in total. The summed E-state index contributed by atoms with van der Waals surface area (Å²) < 4.78 is 0. The molecule has 1 aromatic carbocycles. The number of nitrogens with two attached hydrogens (primary N) is 1. The van der Waals surface area contributed by atoms with Crippen LogP contribution in [0, 0.1) is 5.92 Å². The van der Waals surface area contributed by atoms with Crippen LogP contribution in [0.2, 0.25) is 0 Å². The zero-order chi connectivity index (χ0) is 15.2. The molecule has 0 spiro atoms. The maximum absolute atomic E-state index is 12.0. The summed E-state index contributed by atoms with van der Waals surface area (Å²) in [6.45, 7) is 6.64. The van der Waals surface area contributed by atoms with Gasteiger partial charge in [-0.15, -0.1) is 0 Å².